The molecule has 0 bridgehead atoms. The zero-order chi connectivity index (χ0) is 17.7. The Hall–Kier alpha value is -2.62. The van der Waals surface area contributed by atoms with Gasteiger partial charge in [0.15, 0.2) is 0 Å². The monoisotopic (exact) mass is 324 g/mol. The number of nitrogens with one attached hydrogen (secondary N) is 2. The third-order valence-corrected chi connectivity index (χ3v) is 4.14. The van der Waals surface area contributed by atoms with Gasteiger partial charge in [0.25, 0.3) is 5.91 Å². The van der Waals surface area contributed by atoms with Gasteiger partial charge in [-0.3, -0.25) is 9.59 Å². The molecular weight excluding hydrogens is 300 g/mol. The molecule has 0 saturated carbocycles. The fourth-order valence-corrected chi connectivity index (χ4v) is 2.61. The first-order chi connectivity index (χ1) is 11.4. The van der Waals surface area contributed by atoms with Crippen molar-refractivity contribution in [3.05, 3.63) is 59.7 Å². The quantitative estimate of drug-likeness (QED) is 0.887. The lowest BCUT2D eigenvalue weighted by atomic mass is 9.91. The number of hydrogen-bond acceptors (Lipinski definition) is 2. The van der Waals surface area contributed by atoms with E-state index < -0.39 is 5.41 Å². The molecule has 2 amide bonds. The van der Waals surface area contributed by atoms with Gasteiger partial charge in [0, 0.05) is 19.2 Å². The molecule has 126 valence electrons. The van der Waals surface area contributed by atoms with Gasteiger partial charge in [0.1, 0.15) is 0 Å². The molecule has 2 aromatic carbocycles. The predicted molar refractivity (Wildman–Crippen MR) is 96.8 cm³/mol. The molecule has 0 unspecified atom stereocenters. The summed E-state index contributed by atoms with van der Waals surface area (Å²) in [5.41, 5.74) is 2.99. The maximum atomic E-state index is 12.7. The van der Waals surface area contributed by atoms with Crippen LogP contribution in [0.1, 0.15) is 29.8 Å². The molecule has 0 heterocycles. The van der Waals surface area contributed by atoms with Gasteiger partial charge in [-0.1, -0.05) is 42.5 Å². The third kappa shape index (κ3) is 3.82. The third-order valence-electron chi connectivity index (χ3n) is 4.14. The van der Waals surface area contributed by atoms with Crippen molar-refractivity contribution >= 4 is 11.8 Å². The highest BCUT2D eigenvalue weighted by Crippen LogP contribution is 2.26. The molecule has 0 aliphatic heterocycles. The van der Waals surface area contributed by atoms with Crippen LogP contribution in [0.25, 0.3) is 11.1 Å². The van der Waals surface area contributed by atoms with Crippen LogP contribution in [0.2, 0.25) is 0 Å². The van der Waals surface area contributed by atoms with Gasteiger partial charge in [-0.2, -0.15) is 0 Å². The van der Waals surface area contributed by atoms with Crippen molar-refractivity contribution in [1.29, 1.82) is 0 Å². The molecule has 0 aromatic heterocycles. The highest BCUT2D eigenvalue weighted by Gasteiger charge is 2.27. The van der Waals surface area contributed by atoms with E-state index in [9.17, 15) is 9.59 Å². The molecule has 4 heteroatoms. The molecule has 4 nitrogen and oxygen atoms in total. The number of benzene rings is 2. The highest BCUT2D eigenvalue weighted by atomic mass is 16.2. The Balaban J connectivity index is 2.26. The van der Waals surface area contributed by atoms with Gasteiger partial charge in [0.2, 0.25) is 5.91 Å². The van der Waals surface area contributed by atoms with E-state index in [2.05, 4.69) is 10.6 Å². The number of amides is 2. The highest BCUT2D eigenvalue weighted by molar-refractivity contribution is 6.01. The minimum atomic E-state index is -0.665. The Morgan fingerprint density at radius 3 is 2.17 bits per heavy atom. The van der Waals surface area contributed by atoms with E-state index >= 15 is 0 Å². The molecule has 0 radical (unpaired) electrons. The summed E-state index contributed by atoms with van der Waals surface area (Å²) >= 11 is 0. The molecule has 0 aliphatic carbocycles. The van der Waals surface area contributed by atoms with Gasteiger partial charge in [-0.25, -0.2) is 0 Å². The SMILES string of the molecule is CNC(=O)C(C)(C)CNC(=O)c1ccccc1-c1ccccc1C. The zero-order valence-corrected chi connectivity index (χ0v) is 14.6. The van der Waals surface area contributed by atoms with Gasteiger partial charge in [-0.05, 0) is 43.5 Å². The smallest absolute Gasteiger partial charge is 0.251 e. The lowest BCUT2D eigenvalue weighted by Gasteiger charge is -2.23. The number of rotatable bonds is 5. The summed E-state index contributed by atoms with van der Waals surface area (Å²) in [7, 11) is 1.60. The Labute approximate surface area is 143 Å². The van der Waals surface area contributed by atoms with Crippen LogP contribution in [0.15, 0.2) is 48.5 Å². The van der Waals surface area contributed by atoms with Crippen LogP contribution in [0, 0.1) is 12.3 Å². The van der Waals surface area contributed by atoms with E-state index in [1.807, 2.05) is 55.5 Å². The van der Waals surface area contributed by atoms with Crippen molar-refractivity contribution in [3.63, 3.8) is 0 Å². The van der Waals surface area contributed by atoms with Crippen LogP contribution in [0.4, 0.5) is 0 Å². The van der Waals surface area contributed by atoms with Gasteiger partial charge < -0.3 is 10.6 Å². The second kappa shape index (κ2) is 7.30. The lowest BCUT2D eigenvalue weighted by Crippen LogP contribution is -2.43. The molecule has 2 aromatic rings. The summed E-state index contributed by atoms with van der Waals surface area (Å²) in [6.07, 6.45) is 0. The van der Waals surface area contributed by atoms with E-state index in [4.69, 9.17) is 0 Å². The van der Waals surface area contributed by atoms with Crippen LogP contribution >= 0.6 is 0 Å². The van der Waals surface area contributed by atoms with E-state index in [1.165, 1.54) is 0 Å². The molecule has 2 rings (SSSR count). The molecule has 0 aliphatic rings. The molecule has 0 atom stereocenters. The molecule has 24 heavy (non-hydrogen) atoms. The molecule has 0 spiro atoms. The molecular formula is C20H24N2O2. The van der Waals surface area contributed by atoms with Crippen molar-refractivity contribution in [2.75, 3.05) is 13.6 Å². The normalized spacial score (nSPS) is 11.0. The standard InChI is InChI=1S/C20H24N2O2/c1-14-9-5-6-10-15(14)16-11-7-8-12-17(16)18(23)22-13-20(2,3)19(24)21-4/h5-12H,13H2,1-4H3,(H,21,24)(H,22,23). The second-order valence-electron chi connectivity index (χ2n) is 6.51. The van der Waals surface area contributed by atoms with Gasteiger partial charge in [0.05, 0.1) is 5.41 Å². The Morgan fingerprint density at radius 2 is 1.54 bits per heavy atom. The van der Waals surface area contributed by atoms with E-state index in [1.54, 1.807) is 20.9 Å². The van der Waals surface area contributed by atoms with Crippen LogP contribution in [0.3, 0.4) is 0 Å². The minimum Gasteiger partial charge on any atom is -0.359 e. The van der Waals surface area contributed by atoms with Crippen molar-refractivity contribution in [2.45, 2.75) is 20.8 Å². The topological polar surface area (TPSA) is 58.2 Å². The average Bonchev–Trinajstić information content (AvgIpc) is 2.59. The van der Waals surface area contributed by atoms with Crippen molar-refractivity contribution in [1.82, 2.24) is 10.6 Å². The summed E-state index contributed by atoms with van der Waals surface area (Å²) in [6, 6.07) is 15.5. The average molecular weight is 324 g/mol. The van der Waals surface area contributed by atoms with E-state index in [0.29, 0.717) is 5.56 Å². The van der Waals surface area contributed by atoms with Crippen LogP contribution in [-0.4, -0.2) is 25.4 Å². The Bertz CT molecular complexity index is 751. The maximum Gasteiger partial charge on any atom is 0.251 e. The van der Waals surface area contributed by atoms with Crippen LogP contribution < -0.4 is 10.6 Å². The van der Waals surface area contributed by atoms with Crippen LogP contribution in [0.5, 0.6) is 0 Å². The van der Waals surface area contributed by atoms with Crippen LogP contribution in [-0.2, 0) is 4.79 Å². The Kier molecular flexibility index (Phi) is 5.39. The second-order valence-corrected chi connectivity index (χ2v) is 6.51. The lowest BCUT2D eigenvalue weighted by molar-refractivity contribution is -0.128. The van der Waals surface area contributed by atoms with Gasteiger partial charge in [-0.15, -0.1) is 0 Å². The summed E-state index contributed by atoms with van der Waals surface area (Å²) in [5.74, 6) is -0.277. The fourth-order valence-electron chi connectivity index (χ4n) is 2.61. The summed E-state index contributed by atoms with van der Waals surface area (Å²) in [4.78, 5) is 24.5. The van der Waals surface area contributed by atoms with Crippen molar-refractivity contribution < 1.29 is 9.59 Å². The number of carbonyl (C=O) groups excluding carboxylic acids is 2. The first kappa shape index (κ1) is 17.7. The molecule has 0 fully saturated rings. The number of hydrogen-bond donors (Lipinski definition) is 2. The maximum absolute atomic E-state index is 12.7. The van der Waals surface area contributed by atoms with Crippen molar-refractivity contribution in [2.24, 2.45) is 5.41 Å². The first-order valence-corrected chi connectivity index (χ1v) is 8.02. The summed E-state index contributed by atoms with van der Waals surface area (Å²) < 4.78 is 0. The summed E-state index contributed by atoms with van der Waals surface area (Å²) in [5, 5.41) is 5.51. The van der Waals surface area contributed by atoms with Crippen molar-refractivity contribution in [3.8, 4) is 11.1 Å². The largest absolute Gasteiger partial charge is 0.359 e. The first-order valence-electron chi connectivity index (χ1n) is 8.02. The fraction of sp³-hybridized carbons (Fsp3) is 0.300. The van der Waals surface area contributed by atoms with E-state index in [0.717, 1.165) is 16.7 Å². The van der Waals surface area contributed by atoms with Gasteiger partial charge >= 0.3 is 0 Å². The number of carbonyl (C=O) groups is 2. The molecule has 0 saturated heterocycles. The molecule has 2 N–H and O–H groups in total. The zero-order valence-electron chi connectivity index (χ0n) is 14.6. The predicted octanol–water partition coefficient (Wildman–Crippen LogP) is 3.16. The summed E-state index contributed by atoms with van der Waals surface area (Å²) in [6.45, 7) is 5.91. The Morgan fingerprint density at radius 1 is 0.958 bits per heavy atom. The van der Waals surface area contributed by atoms with E-state index in [-0.39, 0.29) is 18.4 Å². The number of aryl methyl sites for hydroxylation is 1. The minimum absolute atomic E-state index is 0.102.